The zero-order valence-corrected chi connectivity index (χ0v) is 17.3. The lowest BCUT2D eigenvalue weighted by Gasteiger charge is -2.17. The van der Waals surface area contributed by atoms with Gasteiger partial charge in [-0.1, -0.05) is 32.4 Å². The third-order valence-electron chi connectivity index (χ3n) is 4.83. The molecule has 1 atom stereocenters. The van der Waals surface area contributed by atoms with Gasteiger partial charge in [0.1, 0.15) is 17.1 Å². The van der Waals surface area contributed by atoms with Crippen molar-refractivity contribution in [1.82, 2.24) is 0 Å². The van der Waals surface area contributed by atoms with E-state index in [-0.39, 0.29) is 0 Å². The molecular formula is C24H26O5. The van der Waals surface area contributed by atoms with Crippen LogP contribution in [-0.2, 0) is 17.6 Å². The van der Waals surface area contributed by atoms with E-state index in [4.69, 9.17) is 13.9 Å². The van der Waals surface area contributed by atoms with Crippen molar-refractivity contribution in [2.45, 2.75) is 53.1 Å². The predicted molar refractivity (Wildman–Crippen MR) is 113 cm³/mol. The highest BCUT2D eigenvalue weighted by Crippen LogP contribution is 2.28. The average Bonchev–Trinajstić information content (AvgIpc) is 2.69. The molecule has 5 nitrogen and oxygen atoms in total. The van der Waals surface area contributed by atoms with Crippen molar-refractivity contribution in [1.29, 1.82) is 0 Å². The molecule has 0 aliphatic carbocycles. The second-order valence-electron chi connectivity index (χ2n) is 7.13. The molecule has 3 aromatic rings. The molecule has 3 rings (SSSR count). The second kappa shape index (κ2) is 8.95. The fourth-order valence-corrected chi connectivity index (χ4v) is 3.23. The minimum Gasteiger partial charge on any atom is -0.479 e. The van der Waals surface area contributed by atoms with E-state index in [0.29, 0.717) is 23.5 Å². The predicted octanol–water partition coefficient (Wildman–Crippen LogP) is 4.99. The zero-order valence-electron chi connectivity index (χ0n) is 17.3. The highest BCUT2D eigenvalue weighted by Gasteiger charge is 2.20. The Morgan fingerprint density at radius 3 is 2.48 bits per heavy atom. The van der Waals surface area contributed by atoms with Crippen LogP contribution in [0.5, 0.6) is 11.5 Å². The molecule has 2 aromatic carbocycles. The molecule has 0 radical (unpaired) electrons. The molecule has 29 heavy (non-hydrogen) atoms. The Hall–Kier alpha value is -3.08. The maximum atomic E-state index is 12.5. The van der Waals surface area contributed by atoms with Crippen LogP contribution in [0.2, 0.25) is 0 Å². The summed E-state index contributed by atoms with van der Waals surface area (Å²) in [6, 6.07) is 12.6. The molecule has 0 aliphatic heterocycles. The number of carbonyl (C=O) groups excluding carboxylic acids is 1. The van der Waals surface area contributed by atoms with Crippen molar-refractivity contribution < 1.29 is 18.7 Å². The summed E-state index contributed by atoms with van der Waals surface area (Å²) < 4.78 is 16.6. The number of hydrogen-bond acceptors (Lipinski definition) is 5. The van der Waals surface area contributed by atoms with Gasteiger partial charge in [-0.25, -0.2) is 9.59 Å². The molecule has 0 bridgehead atoms. The zero-order chi connectivity index (χ0) is 21.0. The van der Waals surface area contributed by atoms with E-state index < -0.39 is 17.7 Å². The van der Waals surface area contributed by atoms with Gasteiger partial charge in [0.05, 0.1) is 0 Å². The number of carbonyl (C=O) groups is 1. The van der Waals surface area contributed by atoms with E-state index in [2.05, 4.69) is 6.92 Å². The number of esters is 1. The first-order chi connectivity index (χ1) is 13.9. The first-order valence-corrected chi connectivity index (χ1v) is 9.96. The van der Waals surface area contributed by atoms with Crippen molar-refractivity contribution in [3.8, 4) is 11.5 Å². The molecule has 1 heterocycles. The Morgan fingerprint density at radius 2 is 1.83 bits per heavy atom. The van der Waals surface area contributed by atoms with Gasteiger partial charge in [0.2, 0.25) is 0 Å². The molecule has 0 saturated carbocycles. The van der Waals surface area contributed by atoms with E-state index in [1.807, 2.05) is 32.0 Å². The first-order valence-electron chi connectivity index (χ1n) is 9.96. The molecule has 0 spiro atoms. The minimum atomic E-state index is -0.815. The Morgan fingerprint density at radius 1 is 1.10 bits per heavy atom. The van der Waals surface area contributed by atoms with Crippen molar-refractivity contribution in [3.63, 3.8) is 0 Å². The van der Waals surface area contributed by atoms with Gasteiger partial charge >= 0.3 is 11.6 Å². The van der Waals surface area contributed by atoms with Gasteiger partial charge in [0, 0.05) is 17.5 Å². The van der Waals surface area contributed by atoms with Crippen molar-refractivity contribution in [3.05, 3.63) is 69.6 Å². The highest BCUT2D eigenvalue weighted by molar-refractivity contribution is 5.83. The fraction of sp³-hybridized carbons (Fsp3) is 0.333. The largest absolute Gasteiger partial charge is 0.479 e. The Kier molecular flexibility index (Phi) is 6.37. The third-order valence-corrected chi connectivity index (χ3v) is 4.83. The van der Waals surface area contributed by atoms with Crippen LogP contribution in [0, 0.1) is 6.92 Å². The lowest BCUT2D eigenvalue weighted by atomic mass is 10.1. The molecule has 152 valence electrons. The Labute approximate surface area is 170 Å². The van der Waals surface area contributed by atoms with Crippen LogP contribution in [0.4, 0.5) is 0 Å². The number of benzene rings is 2. The summed E-state index contributed by atoms with van der Waals surface area (Å²) in [5.74, 6) is 0.513. The van der Waals surface area contributed by atoms with Crippen LogP contribution < -0.4 is 15.1 Å². The summed E-state index contributed by atoms with van der Waals surface area (Å²) in [5.41, 5.74) is 3.00. The lowest BCUT2D eigenvalue weighted by molar-refractivity contribution is -0.141. The number of hydrogen-bond donors (Lipinski definition) is 0. The van der Waals surface area contributed by atoms with Crippen LogP contribution in [-0.4, -0.2) is 12.1 Å². The lowest BCUT2D eigenvalue weighted by Crippen LogP contribution is -2.28. The number of fused-ring (bicyclic) bond motifs is 1. The number of ether oxygens (including phenoxy) is 2. The molecule has 0 amide bonds. The quantitative estimate of drug-likeness (QED) is 0.321. The molecule has 0 fully saturated rings. The van der Waals surface area contributed by atoms with E-state index in [0.717, 1.165) is 29.4 Å². The van der Waals surface area contributed by atoms with Crippen molar-refractivity contribution in [2.24, 2.45) is 0 Å². The van der Waals surface area contributed by atoms with Crippen LogP contribution in [0.1, 0.15) is 43.9 Å². The first kappa shape index (κ1) is 20.6. The molecular weight excluding hydrogens is 368 g/mol. The fourth-order valence-electron chi connectivity index (χ4n) is 3.23. The SMILES string of the molecule is CCCc1ccc(OC(=O)[C@@H](C)Oc2cc3oc(=O)cc(C)c3cc2CC)cc1. The Balaban J connectivity index is 1.78. The summed E-state index contributed by atoms with van der Waals surface area (Å²) in [7, 11) is 0. The van der Waals surface area contributed by atoms with Gasteiger partial charge < -0.3 is 13.9 Å². The third kappa shape index (κ3) is 4.86. The molecule has 1 aromatic heterocycles. The molecule has 0 N–H and O–H groups in total. The van der Waals surface area contributed by atoms with E-state index >= 15 is 0 Å². The second-order valence-corrected chi connectivity index (χ2v) is 7.13. The minimum absolute atomic E-state index is 0.413. The molecule has 0 aliphatic rings. The molecule has 0 unspecified atom stereocenters. The summed E-state index contributed by atoms with van der Waals surface area (Å²) in [4.78, 5) is 24.2. The molecule has 0 saturated heterocycles. The van der Waals surface area contributed by atoms with Gasteiger partial charge in [-0.15, -0.1) is 0 Å². The summed E-state index contributed by atoms with van der Waals surface area (Å²) in [6.45, 7) is 7.63. The standard InChI is InChI=1S/C24H26O5/c1-5-7-17-8-10-19(11-9-17)28-24(26)16(4)27-21-14-22-20(13-18(21)6-2)15(3)12-23(25)29-22/h8-14,16H,5-7H2,1-4H3/t16-/m1/s1. The van der Waals surface area contributed by atoms with Gasteiger partial charge in [0.15, 0.2) is 6.10 Å². The molecule has 5 heteroatoms. The Bertz CT molecular complexity index is 1060. The smallest absolute Gasteiger partial charge is 0.352 e. The number of rotatable bonds is 7. The topological polar surface area (TPSA) is 65.7 Å². The van der Waals surface area contributed by atoms with E-state index in [1.165, 1.54) is 11.6 Å². The maximum absolute atomic E-state index is 12.5. The summed E-state index contributed by atoms with van der Waals surface area (Å²) in [5, 5.41) is 0.858. The van der Waals surface area contributed by atoms with Gasteiger partial charge in [0.25, 0.3) is 0 Å². The van der Waals surface area contributed by atoms with E-state index in [1.54, 1.807) is 25.1 Å². The van der Waals surface area contributed by atoms with Crippen LogP contribution in [0.25, 0.3) is 11.0 Å². The van der Waals surface area contributed by atoms with Gasteiger partial charge in [-0.05, 0) is 61.6 Å². The van der Waals surface area contributed by atoms with Gasteiger partial charge in [-0.3, -0.25) is 0 Å². The van der Waals surface area contributed by atoms with Crippen LogP contribution in [0.3, 0.4) is 0 Å². The number of aryl methyl sites for hydroxylation is 3. The summed E-state index contributed by atoms with van der Waals surface area (Å²) in [6.07, 6.45) is 1.95. The van der Waals surface area contributed by atoms with Crippen LogP contribution >= 0.6 is 0 Å². The van der Waals surface area contributed by atoms with Crippen molar-refractivity contribution >= 4 is 16.9 Å². The van der Waals surface area contributed by atoms with E-state index in [9.17, 15) is 9.59 Å². The van der Waals surface area contributed by atoms with Crippen LogP contribution in [0.15, 0.2) is 51.7 Å². The maximum Gasteiger partial charge on any atom is 0.352 e. The van der Waals surface area contributed by atoms with Gasteiger partial charge in [-0.2, -0.15) is 0 Å². The summed E-state index contributed by atoms with van der Waals surface area (Å²) >= 11 is 0. The highest BCUT2D eigenvalue weighted by atomic mass is 16.6. The van der Waals surface area contributed by atoms with Crippen molar-refractivity contribution in [2.75, 3.05) is 0 Å². The monoisotopic (exact) mass is 394 g/mol. The normalized spacial score (nSPS) is 12.0. The average molecular weight is 394 g/mol.